The Hall–Kier alpha value is -5.19. The van der Waals surface area contributed by atoms with Crippen LogP contribution in [0, 0.1) is 11.8 Å². The lowest BCUT2D eigenvalue weighted by molar-refractivity contribution is -0.145. The molecule has 2 saturated carbocycles. The van der Waals surface area contributed by atoms with Crippen LogP contribution in [0.25, 0.3) is 28.2 Å². The van der Waals surface area contributed by atoms with Crippen LogP contribution in [-0.2, 0) is 19.1 Å². The van der Waals surface area contributed by atoms with E-state index in [1.165, 1.54) is 11.0 Å². The van der Waals surface area contributed by atoms with Gasteiger partial charge in [0, 0.05) is 35.3 Å². The Kier molecular flexibility index (Phi) is 9.54. The number of hydrogen-bond acceptors (Lipinski definition) is 7. The predicted octanol–water partition coefficient (Wildman–Crippen LogP) is 5.88. The number of nitrogens with one attached hydrogen (secondary N) is 2. The summed E-state index contributed by atoms with van der Waals surface area (Å²) < 4.78 is 12.7. The van der Waals surface area contributed by atoms with Crippen molar-refractivity contribution >= 4 is 40.9 Å². The third-order valence-electron chi connectivity index (χ3n) is 10.8. The highest BCUT2D eigenvalue weighted by Gasteiger charge is 2.61. The van der Waals surface area contributed by atoms with E-state index < -0.39 is 53.5 Å². The number of aromatic nitrogens is 1. The molecular formula is C40H44N4O7. The lowest BCUT2D eigenvalue weighted by Gasteiger charge is -2.29. The first-order valence-corrected chi connectivity index (χ1v) is 18.0. The first kappa shape index (κ1) is 34.3. The Balaban J connectivity index is 1.30. The molecule has 1 aromatic heterocycles. The van der Waals surface area contributed by atoms with Crippen molar-refractivity contribution in [1.29, 1.82) is 0 Å². The second kappa shape index (κ2) is 14.2. The third-order valence-corrected chi connectivity index (χ3v) is 10.8. The van der Waals surface area contributed by atoms with Crippen LogP contribution in [0.1, 0.15) is 63.9 Å². The predicted molar refractivity (Wildman–Crippen MR) is 192 cm³/mol. The maximum absolute atomic E-state index is 14.4. The van der Waals surface area contributed by atoms with Crippen molar-refractivity contribution in [3.63, 3.8) is 0 Å². The highest BCUT2D eigenvalue weighted by molar-refractivity contribution is 5.96. The highest BCUT2D eigenvalue weighted by atomic mass is 16.6. The van der Waals surface area contributed by atoms with E-state index in [1.807, 2.05) is 67.6 Å². The lowest BCUT2D eigenvalue weighted by Crippen LogP contribution is -2.56. The van der Waals surface area contributed by atoms with Gasteiger partial charge in [-0.25, -0.2) is 14.6 Å². The molecule has 7 atom stereocenters. The SMILES string of the molecule is C=C[C@@H]1C[C@]1(NC(=O)[C@@H]1C[C@@H]2CN1C(=O)[C@@H](CCCC)NC(=O)O[C@H]1CCC[C@@H]1/C=C/c1ccc3nc(-c4ccccc4)cc(c3c1)O2)C(=O)O. The first-order chi connectivity index (χ1) is 24.7. The number of carboxylic acids is 1. The van der Waals surface area contributed by atoms with Gasteiger partial charge in [-0.05, 0) is 49.8 Å². The maximum Gasteiger partial charge on any atom is 0.408 e. The number of aliphatic carboxylic acids is 1. The van der Waals surface area contributed by atoms with E-state index in [4.69, 9.17) is 14.5 Å². The largest absolute Gasteiger partial charge is 0.488 e. The van der Waals surface area contributed by atoms with Crippen LogP contribution in [0.15, 0.2) is 73.3 Å². The molecule has 3 heterocycles. The average Bonchev–Trinajstić information content (AvgIpc) is 3.42. The van der Waals surface area contributed by atoms with Crippen LogP contribution in [0.2, 0.25) is 0 Å². The molecule has 11 nitrogen and oxygen atoms in total. The highest BCUT2D eigenvalue weighted by Crippen LogP contribution is 2.45. The van der Waals surface area contributed by atoms with Crippen molar-refractivity contribution in [2.45, 2.75) is 88.1 Å². The summed E-state index contributed by atoms with van der Waals surface area (Å²) in [5.74, 6) is -2.03. The Morgan fingerprint density at radius 1 is 1.14 bits per heavy atom. The normalized spacial score (nSPS) is 29.3. The van der Waals surface area contributed by atoms with E-state index in [1.54, 1.807) is 0 Å². The average molecular weight is 693 g/mol. The fourth-order valence-electron chi connectivity index (χ4n) is 7.78. The quantitative estimate of drug-likeness (QED) is 0.248. The molecule has 266 valence electrons. The molecule has 2 aliphatic carbocycles. The molecule has 0 radical (unpaired) electrons. The molecule has 4 aliphatic rings. The number of nitrogens with zero attached hydrogens (tertiary/aromatic N) is 2. The minimum absolute atomic E-state index is 0.0115. The van der Waals surface area contributed by atoms with E-state index in [0.717, 1.165) is 41.3 Å². The summed E-state index contributed by atoms with van der Waals surface area (Å²) >= 11 is 0. The van der Waals surface area contributed by atoms with Gasteiger partial charge in [-0.1, -0.05) is 74.4 Å². The number of alkyl carbamates (subject to hydrolysis) is 1. The number of carbonyl (C=O) groups excluding carboxylic acids is 3. The fourth-order valence-corrected chi connectivity index (χ4v) is 7.78. The number of hydrogen-bond donors (Lipinski definition) is 3. The molecule has 2 aliphatic heterocycles. The summed E-state index contributed by atoms with van der Waals surface area (Å²) in [6.45, 7) is 5.78. The van der Waals surface area contributed by atoms with Gasteiger partial charge in [0.25, 0.3) is 0 Å². The Morgan fingerprint density at radius 2 is 1.96 bits per heavy atom. The minimum Gasteiger partial charge on any atom is -0.488 e. The molecule has 3 fully saturated rings. The van der Waals surface area contributed by atoms with Gasteiger partial charge in [0.05, 0.1) is 17.8 Å². The Morgan fingerprint density at radius 3 is 2.71 bits per heavy atom. The molecule has 0 spiro atoms. The fraction of sp³-hybridized carbons (Fsp3) is 0.425. The summed E-state index contributed by atoms with van der Waals surface area (Å²) in [5, 5.41) is 16.4. The number of benzene rings is 2. The standard InChI is InChI=1S/C40H44N4O7/c1-3-5-13-31-37(46)44-23-28(20-33(44)36(45)43-40(38(47)48)22-27(40)4-2)50-35-21-32(25-10-7-6-8-11-25)41-30-18-16-24(19-29(30)35)15-17-26-12-9-14-34(26)51-39(49)42-31/h4,6-8,10-11,15-19,21,26-28,31,33-34H,2-3,5,9,12-14,20,22-23H2,1H3,(H,42,49)(H,43,45)(H,47,48)/b17-15+/t26-,27-,28-,31-,33+,34+,40-/m1/s1. The van der Waals surface area contributed by atoms with E-state index in [0.29, 0.717) is 30.7 Å². The van der Waals surface area contributed by atoms with Crippen molar-refractivity contribution in [3.05, 3.63) is 78.9 Å². The van der Waals surface area contributed by atoms with E-state index >= 15 is 0 Å². The van der Waals surface area contributed by atoms with Crippen molar-refractivity contribution < 1.29 is 33.8 Å². The van der Waals surface area contributed by atoms with E-state index in [-0.39, 0.29) is 31.4 Å². The maximum atomic E-state index is 14.4. The van der Waals surface area contributed by atoms with E-state index in [2.05, 4.69) is 23.3 Å². The summed E-state index contributed by atoms with van der Waals surface area (Å²) in [4.78, 5) is 60.5. The molecule has 0 unspecified atom stereocenters. The summed E-state index contributed by atoms with van der Waals surface area (Å²) in [6.07, 6.45) is 8.64. The molecule has 11 heteroatoms. The van der Waals surface area contributed by atoms with Gasteiger partial charge >= 0.3 is 12.1 Å². The second-order valence-corrected chi connectivity index (χ2v) is 14.2. The van der Waals surface area contributed by atoms with E-state index in [9.17, 15) is 24.3 Å². The van der Waals surface area contributed by atoms with Crippen LogP contribution in [-0.4, -0.2) is 75.2 Å². The topological polar surface area (TPSA) is 147 Å². The Labute approximate surface area is 297 Å². The molecule has 1 saturated heterocycles. The zero-order chi connectivity index (χ0) is 35.7. The van der Waals surface area contributed by atoms with Crippen molar-refractivity contribution in [2.75, 3.05) is 6.54 Å². The monoisotopic (exact) mass is 692 g/mol. The molecular weight excluding hydrogens is 648 g/mol. The van der Waals surface area contributed by atoms with Gasteiger partial charge in [-0.2, -0.15) is 0 Å². The molecule has 4 bridgehead atoms. The van der Waals surface area contributed by atoms with Gasteiger partial charge in [0.2, 0.25) is 11.8 Å². The zero-order valence-electron chi connectivity index (χ0n) is 28.8. The number of fused-ring (bicyclic) bond motifs is 4. The summed E-state index contributed by atoms with van der Waals surface area (Å²) in [7, 11) is 0. The van der Waals surface area contributed by atoms with Crippen molar-refractivity contribution in [2.24, 2.45) is 11.8 Å². The number of carbonyl (C=O) groups is 4. The minimum atomic E-state index is -1.47. The Bertz CT molecular complexity index is 1880. The van der Waals surface area contributed by atoms with Crippen LogP contribution >= 0.6 is 0 Å². The van der Waals surface area contributed by atoms with Gasteiger partial charge < -0.3 is 30.1 Å². The molecule has 2 aromatic carbocycles. The number of rotatable bonds is 8. The molecule has 7 rings (SSSR count). The molecule has 3 N–H and O–H groups in total. The lowest BCUT2D eigenvalue weighted by atomic mass is 10.0. The van der Waals surface area contributed by atoms with Crippen LogP contribution < -0.4 is 15.4 Å². The van der Waals surface area contributed by atoms with Gasteiger partial charge in [0.15, 0.2) is 0 Å². The van der Waals surface area contributed by atoms with Gasteiger partial charge in [-0.3, -0.25) is 9.59 Å². The molecule has 3 amide bonds. The van der Waals surface area contributed by atoms with Gasteiger partial charge in [0.1, 0.15) is 35.6 Å². The smallest absolute Gasteiger partial charge is 0.408 e. The van der Waals surface area contributed by atoms with Crippen molar-refractivity contribution in [1.82, 2.24) is 20.5 Å². The van der Waals surface area contributed by atoms with Crippen molar-refractivity contribution in [3.8, 4) is 17.0 Å². The number of pyridine rings is 1. The number of unbranched alkanes of at least 4 members (excludes halogenated alkanes) is 1. The number of amides is 3. The van der Waals surface area contributed by atoms with Crippen LogP contribution in [0.5, 0.6) is 5.75 Å². The summed E-state index contributed by atoms with van der Waals surface area (Å²) in [6, 6.07) is 15.7. The van der Waals surface area contributed by atoms with Crippen LogP contribution in [0.3, 0.4) is 0 Å². The summed E-state index contributed by atoms with van der Waals surface area (Å²) in [5.41, 5.74) is 1.81. The molecule has 51 heavy (non-hydrogen) atoms. The number of ether oxygens (including phenoxy) is 2. The number of carboxylic acid groups (broad SMARTS) is 1. The van der Waals surface area contributed by atoms with Gasteiger partial charge in [-0.15, -0.1) is 6.58 Å². The zero-order valence-corrected chi connectivity index (χ0v) is 28.8. The third kappa shape index (κ3) is 6.94. The molecule has 3 aromatic rings. The second-order valence-electron chi connectivity index (χ2n) is 14.2. The first-order valence-electron chi connectivity index (χ1n) is 18.0. The van der Waals surface area contributed by atoms with Crippen LogP contribution in [0.4, 0.5) is 4.79 Å².